The molecule has 0 aromatic heterocycles. The second-order valence-corrected chi connectivity index (χ2v) is 9.16. The molecule has 11 heteroatoms. The molecule has 1 aliphatic carbocycles. The first-order chi connectivity index (χ1) is 13.1. The molecule has 3 rings (SSSR count). The molecule has 0 unspecified atom stereocenters. The van der Waals surface area contributed by atoms with Crippen LogP contribution in [0.2, 0.25) is 0 Å². The summed E-state index contributed by atoms with van der Waals surface area (Å²) >= 11 is 1.90. The fourth-order valence-corrected chi connectivity index (χ4v) is 4.55. The Morgan fingerprint density at radius 2 is 1.75 bits per heavy atom. The average molecular weight is 527 g/mol. The van der Waals surface area contributed by atoms with Gasteiger partial charge < -0.3 is 10.4 Å². The summed E-state index contributed by atoms with van der Waals surface area (Å²) in [6.07, 6.45) is 1.36. The lowest BCUT2D eigenvalue weighted by molar-refractivity contribution is 0.267. The number of rotatable bonds is 8. The number of hydrogen-bond donors (Lipinski definition) is 4. The Hall–Kier alpha value is -1.57. The van der Waals surface area contributed by atoms with Crippen molar-refractivity contribution in [3.05, 3.63) is 51.4 Å². The van der Waals surface area contributed by atoms with Gasteiger partial charge >= 0.3 is 0 Å². The summed E-state index contributed by atoms with van der Waals surface area (Å²) in [5.74, 6) is -3.28. The highest BCUT2D eigenvalue weighted by atomic mass is 127. The van der Waals surface area contributed by atoms with Gasteiger partial charge in [0.15, 0.2) is 11.6 Å². The Labute approximate surface area is 173 Å². The predicted octanol–water partition coefficient (Wildman–Crippen LogP) is 3.61. The molecule has 1 aliphatic rings. The van der Waals surface area contributed by atoms with E-state index in [1.807, 2.05) is 22.6 Å². The second-order valence-electron chi connectivity index (χ2n) is 6.49. The fraction of sp³-hybridized carbons (Fsp3) is 0.294. The molecule has 1 fully saturated rings. The number of nitrogens with one attached hydrogen (secondary N) is 3. The zero-order valence-corrected chi connectivity index (χ0v) is 17.4. The number of aliphatic hydroxyl groups excluding tert-OH is 1. The summed E-state index contributed by atoms with van der Waals surface area (Å²) < 4.78 is 72.2. The van der Waals surface area contributed by atoms with Crippen molar-refractivity contribution in [2.75, 3.05) is 16.6 Å². The molecule has 1 saturated carbocycles. The van der Waals surface area contributed by atoms with Crippen molar-refractivity contribution in [2.45, 2.75) is 24.8 Å². The zero-order chi connectivity index (χ0) is 20.5. The Balaban J connectivity index is 1.90. The second kappa shape index (κ2) is 8.05. The van der Waals surface area contributed by atoms with Gasteiger partial charge in [-0.15, -0.1) is 0 Å². The van der Waals surface area contributed by atoms with Crippen LogP contribution in [0, 0.1) is 21.0 Å². The molecule has 0 aliphatic heterocycles. The van der Waals surface area contributed by atoms with Crippen LogP contribution in [0.5, 0.6) is 0 Å². The largest absolute Gasteiger partial charge is 0.396 e. The van der Waals surface area contributed by atoms with Crippen LogP contribution in [0.3, 0.4) is 0 Å². The standard InChI is InChI=1S/C17H17F3IN3O3S/c18-11-2-4-14(23-28(26,27)24-17(5-6-17)7-8-25)16(15(11)20)22-13-3-1-10(21)9-12(13)19/h1-4,9,22-25H,5-8H2. The van der Waals surface area contributed by atoms with Gasteiger partial charge in [-0.05, 0) is 72.2 Å². The van der Waals surface area contributed by atoms with E-state index in [1.165, 1.54) is 12.1 Å². The molecule has 0 heterocycles. The highest BCUT2D eigenvalue weighted by molar-refractivity contribution is 14.1. The van der Waals surface area contributed by atoms with Crippen LogP contribution in [0.1, 0.15) is 19.3 Å². The highest BCUT2D eigenvalue weighted by Crippen LogP contribution is 2.39. The maximum absolute atomic E-state index is 14.4. The Morgan fingerprint density at radius 1 is 1.07 bits per heavy atom. The van der Waals surface area contributed by atoms with Crippen LogP contribution in [-0.2, 0) is 10.2 Å². The molecule has 2 aromatic rings. The van der Waals surface area contributed by atoms with Gasteiger partial charge in [-0.1, -0.05) is 0 Å². The molecule has 0 atom stereocenters. The lowest BCUT2D eigenvalue weighted by Gasteiger charge is -2.19. The third-order valence-corrected chi connectivity index (χ3v) is 6.19. The van der Waals surface area contributed by atoms with Gasteiger partial charge in [0, 0.05) is 15.7 Å². The molecule has 2 aromatic carbocycles. The zero-order valence-electron chi connectivity index (χ0n) is 14.4. The topological polar surface area (TPSA) is 90.5 Å². The number of anilines is 3. The Bertz CT molecular complexity index is 1000. The van der Waals surface area contributed by atoms with E-state index in [4.69, 9.17) is 5.11 Å². The first kappa shape index (κ1) is 21.1. The van der Waals surface area contributed by atoms with Crippen LogP contribution in [0.15, 0.2) is 30.3 Å². The van der Waals surface area contributed by atoms with Crippen molar-refractivity contribution >= 4 is 49.9 Å². The molecular formula is C17H17F3IN3O3S. The van der Waals surface area contributed by atoms with E-state index in [9.17, 15) is 21.6 Å². The minimum Gasteiger partial charge on any atom is -0.396 e. The molecule has 0 spiro atoms. The predicted molar refractivity (Wildman–Crippen MR) is 108 cm³/mol. The monoisotopic (exact) mass is 527 g/mol. The van der Waals surface area contributed by atoms with Gasteiger partial charge in [0.2, 0.25) is 0 Å². The number of benzene rings is 2. The van der Waals surface area contributed by atoms with Gasteiger partial charge in [-0.2, -0.15) is 13.1 Å². The van der Waals surface area contributed by atoms with Gasteiger partial charge in [0.05, 0.1) is 11.4 Å². The van der Waals surface area contributed by atoms with Gasteiger partial charge in [-0.25, -0.2) is 13.2 Å². The molecular weight excluding hydrogens is 510 g/mol. The van der Waals surface area contributed by atoms with Crippen molar-refractivity contribution in [2.24, 2.45) is 0 Å². The first-order valence-electron chi connectivity index (χ1n) is 8.27. The van der Waals surface area contributed by atoms with E-state index in [1.54, 1.807) is 6.07 Å². The Morgan fingerprint density at radius 3 is 2.36 bits per heavy atom. The highest BCUT2D eigenvalue weighted by Gasteiger charge is 2.45. The van der Waals surface area contributed by atoms with Crippen molar-refractivity contribution in [1.82, 2.24) is 4.72 Å². The summed E-state index contributed by atoms with van der Waals surface area (Å²) in [6.45, 7) is -0.188. The fourth-order valence-electron chi connectivity index (χ4n) is 2.71. The van der Waals surface area contributed by atoms with Crippen molar-refractivity contribution in [3.8, 4) is 0 Å². The molecule has 0 radical (unpaired) electrons. The van der Waals surface area contributed by atoms with E-state index < -0.39 is 38.9 Å². The van der Waals surface area contributed by atoms with E-state index in [0.29, 0.717) is 16.4 Å². The van der Waals surface area contributed by atoms with Crippen molar-refractivity contribution in [1.29, 1.82) is 0 Å². The smallest absolute Gasteiger partial charge is 0.299 e. The average Bonchev–Trinajstić information content (AvgIpc) is 3.34. The lowest BCUT2D eigenvalue weighted by atomic mass is 10.2. The van der Waals surface area contributed by atoms with E-state index in [-0.39, 0.29) is 24.4 Å². The molecule has 6 nitrogen and oxygen atoms in total. The third-order valence-electron chi connectivity index (χ3n) is 4.32. The summed E-state index contributed by atoms with van der Waals surface area (Å²) in [6, 6.07) is 5.88. The molecule has 0 amide bonds. The SMILES string of the molecule is O=S(=O)(Nc1ccc(F)c(F)c1Nc1ccc(I)cc1F)NC1(CCO)CC1. The number of halogens is 4. The maximum atomic E-state index is 14.4. The van der Waals surface area contributed by atoms with Crippen LogP contribution >= 0.6 is 22.6 Å². The van der Waals surface area contributed by atoms with Gasteiger partial charge in [-0.3, -0.25) is 4.72 Å². The summed E-state index contributed by atoms with van der Waals surface area (Å²) in [7, 11) is -4.15. The van der Waals surface area contributed by atoms with Crippen LogP contribution in [0.25, 0.3) is 0 Å². The van der Waals surface area contributed by atoms with Crippen molar-refractivity contribution < 1.29 is 26.7 Å². The van der Waals surface area contributed by atoms with Crippen LogP contribution in [0.4, 0.5) is 30.2 Å². The van der Waals surface area contributed by atoms with E-state index in [0.717, 1.165) is 12.1 Å². The van der Waals surface area contributed by atoms with Crippen LogP contribution < -0.4 is 14.8 Å². The lowest BCUT2D eigenvalue weighted by Crippen LogP contribution is -2.41. The molecule has 4 N–H and O–H groups in total. The Kier molecular flexibility index (Phi) is 6.08. The minimum atomic E-state index is -4.15. The quantitative estimate of drug-likeness (QED) is 0.395. The normalized spacial score (nSPS) is 15.3. The van der Waals surface area contributed by atoms with Gasteiger partial charge in [0.25, 0.3) is 10.2 Å². The summed E-state index contributed by atoms with van der Waals surface area (Å²) in [5, 5.41) is 11.5. The van der Waals surface area contributed by atoms with Crippen LogP contribution in [-0.4, -0.2) is 25.7 Å². The molecule has 0 saturated heterocycles. The minimum absolute atomic E-state index is 0.141. The molecule has 152 valence electrons. The molecule has 28 heavy (non-hydrogen) atoms. The van der Waals surface area contributed by atoms with E-state index >= 15 is 0 Å². The summed E-state index contributed by atoms with van der Waals surface area (Å²) in [4.78, 5) is 0. The number of aliphatic hydroxyl groups is 1. The van der Waals surface area contributed by atoms with Crippen molar-refractivity contribution in [3.63, 3.8) is 0 Å². The number of hydrogen-bond acceptors (Lipinski definition) is 4. The molecule has 0 bridgehead atoms. The first-order valence-corrected chi connectivity index (χ1v) is 10.8. The summed E-state index contributed by atoms with van der Waals surface area (Å²) in [5.41, 5.74) is -1.71. The van der Waals surface area contributed by atoms with Gasteiger partial charge in [0.1, 0.15) is 11.5 Å². The van der Waals surface area contributed by atoms with E-state index in [2.05, 4.69) is 14.8 Å². The third kappa shape index (κ3) is 4.88. The maximum Gasteiger partial charge on any atom is 0.299 e.